The Bertz CT molecular complexity index is 907. The summed E-state index contributed by atoms with van der Waals surface area (Å²) >= 11 is 0. The van der Waals surface area contributed by atoms with Gasteiger partial charge in [0.2, 0.25) is 0 Å². The van der Waals surface area contributed by atoms with Crippen molar-refractivity contribution >= 4 is 0 Å². The van der Waals surface area contributed by atoms with Gasteiger partial charge in [-0.1, -0.05) is 49.0 Å². The van der Waals surface area contributed by atoms with E-state index in [1.165, 1.54) is 22.4 Å². The number of nitrogens with zero attached hydrogens (tertiary/aromatic N) is 3. The Hall–Kier alpha value is -3.03. The fourth-order valence-electron chi connectivity index (χ4n) is 3.84. The molecule has 0 saturated carbocycles. The smallest absolute Gasteiger partial charge is 0.0991 e. The average Bonchev–Trinajstić information content (AvgIpc) is 3.02. The van der Waals surface area contributed by atoms with E-state index in [4.69, 9.17) is 5.26 Å². The number of rotatable bonds is 5. The summed E-state index contributed by atoms with van der Waals surface area (Å²) in [7, 11) is 0. The van der Waals surface area contributed by atoms with Crippen molar-refractivity contribution in [2.24, 2.45) is 0 Å². The molecule has 0 spiro atoms. The molecule has 2 aromatic rings. The first kappa shape index (κ1) is 17.4. The van der Waals surface area contributed by atoms with Crippen LogP contribution in [0.4, 0.5) is 0 Å². The van der Waals surface area contributed by atoms with Crippen molar-refractivity contribution in [3.05, 3.63) is 94.8 Å². The molecule has 0 fully saturated rings. The van der Waals surface area contributed by atoms with Crippen LogP contribution in [0.25, 0.3) is 0 Å². The summed E-state index contributed by atoms with van der Waals surface area (Å²) in [6.07, 6.45) is 2.01. The summed E-state index contributed by atoms with van der Waals surface area (Å²) in [6, 6.07) is 20.7. The molecule has 0 saturated heterocycles. The number of nitrogens with one attached hydrogen (secondary N) is 1. The van der Waals surface area contributed by atoms with Gasteiger partial charge in [-0.25, -0.2) is 0 Å². The van der Waals surface area contributed by atoms with Crippen molar-refractivity contribution in [1.82, 2.24) is 15.3 Å². The van der Waals surface area contributed by atoms with Crippen LogP contribution in [0.15, 0.2) is 78.1 Å². The molecule has 4 nitrogen and oxygen atoms in total. The van der Waals surface area contributed by atoms with Crippen LogP contribution in [-0.2, 0) is 13.0 Å². The SMILES string of the molecule is C=C1C2=C(CN(Cc3cccc(C#N)c3)CC2)NN1CCc1ccccc1. The van der Waals surface area contributed by atoms with Crippen molar-refractivity contribution in [3.8, 4) is 6.07 Å². The second-order valence-electron chi connectivity index (χ2n) is 7.18. The van der Waals surface area contributed by atoms with E-state index < -0.39 is 0 Å². The first-order chi connectivity index (χ1) is 13.2. The molecule has 0 amide bonds. The molecule has 0 radical (unpaired) electrons. The quantitative estimate of drug-likeness (QED) is 0.889. The Labute approximate surface area is 161 Å². The van der Waals surface area contributed by atoms with Crippen LogP contribution in [0.5, 0.6) is 0 Å². The van der Waals surface area contributed by atoms with Crippen LogP contribution in [0.1, 0.15) is 23.1 Å². The maximum absolute atomic E-state index is 9.09. The number of hydrogen-bond acceptors (Lipinski definition) is 4. The lowest BCUT2D eigenvalue weighted by Crippen LogP contribution is -2.37. The van der Waals surface area contributed by atoms with Gasteiger partial charge >= 0.3 is 0 Å². The molecule has 0 atom stereocenters. The third-order valence-electron chi connectivity index (χ3n) is 5.30. The lowest BCUT2D eigenvalue weighted by atomic mass is 10.0. The van der Waals surface area contributed by atoms with E-state index in [1.54, 1.807) is 0 Å². The largest absolute Gasteiger partial charge is 0.301 e. The molecule has 1 N–H and O–H groups in total. The van der Waals surface area contributed by atoms with Crippen LogP contribution in [0, 0.1) is 11.3 Å². The van der Waals surface area contributed by atoms with Crippen LogP contribution < -0.4 is 5.43 Å². The Morgan fingerprint density at radius 2 is 1.89 bits per heavy atom. The molecule has 2 heterocycles. The monoisotopic (exact) mass is 356 g/mol. The van der Waals surface area contributed by atoms with Crippen molar-refractivity contribution < 1.29 is 0 Å². The summed E-state index contributed by atoms with van der Waals surface area (Å²) in [5, 5.41) is 11.3. The van der Waals surface area contributed by atoms with Gasteiger partial charge in [0.15, 0.2) is 0 Å². The Morgan fingerprint density at radius 3 is 2.70 bits per heavy atom. The number of benzene rings is 2. The van der Waals surface area contributed by atoms with Crippen LogP contribution in [0.3, 0.4) is 0 Å². The summed E-state index contributed by atoms with van der Waals surface area (Å²) in [5.74, 6) is 0. The van der Waals surface area contributed by atoms with E-state index in [9.17, 15) is 0 Å². The highest BCUT2D eigenvalue weighted by molar-refractivity contribution is 5.39. The standard InChI is InChI=1S/C23H24N4/c1-18-22-11-12-26(16-21-9-5-8-20(14-21)15-24)17-23(22)25-27(18)13-10-19-6-3-2-4-7-19/h2-9,14,25H,1,10-13,16-17H2. The van der Waals surface area contributed by atoms with Gasteiger partial charge in [0.1, 0.15) is 0 Å². The molecule has 4 rings (SSSR count). The van der Waals surface area contributed by atoms with Gasteiger partial charge in [-0.15, -0.1) is 0 Å². The third kappa shape index (κ3) is 3.89. The van der Waals surface area contributed by atoms with Gasteiger partial charge < -0.3 is 5.43 Å². The highest BCUT2D eigenvalue weighted by Gasteiger charge is 2.29. The minimum Gasteiger partial charge on any atom is -0.301 e. The lowest BCUT2D eigenvalue weighted by Gasteiger charge is -2.27. The highest BCUT2D eigenvalue weighted by atomic mass is 15.5. The number of nitriles is 1. The fourth-order valence-corrected chi connectivity index (χ4v) is 3.84. The van der Waals surface area contributed by atoms with Gasteiger partial charge in [0.25, 0.3) is 0 Å². The number of hydrogen-bond donors (Lipinski definition) is 1. The molecule has 4 heteroatoms. The van der Waals surface area contributed by atoms with Gasteiger partial charge in [-0.3, -0.25) is 9.91 Å². The Kier molecular flexibility index (Phi) is 4.95. The predicted octanol–water partition coefficient (Wildman–Crippen LogP) is 3.59. The zero-order valence-corrected chi connectivity index (χ0v) is 15.5. The highest BCUT2D eigenvalue weighted by Crippen LogP contribution is 2.30. The lowest BCUT2D eigenvalue weighted by molar-refractivity contribution is 0.257. The molecule has 27 heavy (non-hydrogen) atoms. The first-order valence-electron chi connectivity index (χ1n) is 9.44. The van der Waals surface area contributed by atoms with Gasteiger partial charge in [0, 0.05) is 31.8 Å². The minimum absolute atomic E-state index is 0.726. The van der Waals surface area contributed by atoms with Crippen LogP contribution in [-0.4, -0.2) is 29.5 Å². The van der Waals surface area contributed by atoms with Crippen LogP contribution >= 0.6 is 0 Å². The van der Waals surface area contributed by atoms with Crippen molar-refractivity contribution in [3.63, 3.8) is 0 Å². The molecule has 0 bridgehead atoms. The van der Waals surface area contributed by atoms with E-state index in [0.29, 0.717) is 0 Å². The summed E-state index contributed by atoms with van der Waals surface area (Å²) in [6.45, 7) is 8.01. The fraction of sp³-hybridized carbons (Fsp3) is 0.261. The van der Waals surface area contributed by atoms with E-state index in [-0.39, 0.29) is 0 Å². The molecule has 2 aliphatic heterocycles. The Balaban J connectivity index is 1.36. The van der Waals surface area contributed by atoms with Crippen molar-refractivity contribution in [1.29, 1.82) is 5.26 Å². The van der Waals surface area contributed by atoms with E-state index in [1.807, 2.05) is 18.2 Å². The normalized spacial score (nSPS) is 16.9. The summed E-state index contributed by atoms with van der Waals surface area (Å²) < 4.78 is 0. The van der Waals surface area contributed by atoms with Crippen molar-refractivity contribution in [2.75, 3.05) is 19.6 Å². The number of hydrazine groups is 1. The molecule has 0 aromatic heterocycles. The van der Waals surface area contributed by atoms with Crippen molar-refractivity contribution in [2.45, 2.75) is 19.4 Å². The molecule has 136 valence electrons. The molecule has 2 aromatic carbocycles. The van der Waals surface area contributed by atoms with Gasteiger partial charge in [-0.2, -0.15) is 5.26 Å². The molecule has 2 aliphatic rings. The minimum atomic E-state index is 0.726. The average molecular weight is 356 g/mol. The number of allylic oxidation sites excluding steroid dienone is 1. The molecule has 0 aliphatic carbocycles. The zero-order chi connectivity index (χ0) is 18.6. The van der Waals surface area contributed by atoms with Crippen LogP contribution in [0.2, 0.25) is 0 Å². The van der Waals surface area contributed by atoms with E-state index in [2.05, 4.69) is 64.4 Å². The second-order valence-corrected chi connectivity index (χ2v) is 7.18. The second kappa shape index (κ2) is 7.69. The topological polar surface area (TPSA) is 42.3 Å². The Morgan fingerprint density at radius 1 is 1.07 bits per heavy atom. The molecular weight excluding hydrogens is 332 g/mol. The summed E-state index contributed by atoms with van der Waals surface area (Å²) in [4.78, 5) is 2.43. The van der Waals surface area contributed by atoms with E-state index >= 15 is 0 Å². The van der Waals surface area contributed by atoms with Gasteiger partial charge in [-0.05, 0) is 36.1 Å². The summed E-state index contributed by atoms with van der Waals surface area (Å²) in [5.41, 5.74) is 10.6. The third-order valence-corrected chi connectivity index (χ3v) is 5.30. The molecular formula is C23H24N4. The zero-order valence-electron chi connectivity index (χ0n) is 15.5. The first-order valence-corrected chi connectivity index (χ1v) is 9.44. The van der Waals surface area contributed by atoms with Gasteiger partial charge in [0.05, 0.1) is 23.0 Å². The maximum atomic E-state index is 9.09. The maximum Gasteiger partial charge on any atom is 0.0991 e. The van der Waals surface area contributed by atoms with E-state index in [0.717, 1.165) is 50.3 Å². The predicted molar refractivity (Wildman–Crippen MR) is 107 cm³/mol. The molecule has 0 unspecified atom stereocenters.